The normalized spacial score (nSPS) is 12.3. The van der Waals surface area contributed by atoms with E-state index in [-0.39, 0.29) is 11.3 Å². The quantitative estimate of drug-likeness (QED) is 0.937. The van der Waals surface area contributed by atoms with Crippen molar-refractivity contribution in [1.82, 2.24) is 0 Å². The zero-order valence-corrected chi connectivity index (χ0v) is 10.7. The fourth-order valence-corrected chi connectivity index (χ4v) is 2.71. The van der Waals surface area contributed by atoms with Crippen LogP contribution >= 0.6 is 11.6 Å². The Balaban J connectivity index is 2.13. The third kappa shape index (κ3) is 3.00. The van der Waals surface area contributed by atoms with Gasteiger partial charge in [-0.1, -0.05) is 17.7 Å². The molecule has 94 valence electrons. The SMILES string of the molecule is O=C(O)c1coc(CS(=O)c2cccc(Cl)c2)c1. The van der Waals surface area contributed by atoms with E-state index in [4.69, 9.17) is 21.1 Å². The van der Waals surface area contributed by atoms with E-state index in [0.29, 0.717) is 15.7 Å². The summed E-state index contributed by atoms with van der Waals surface area (Å²) in [6.45, 7) is 0. The summed E-state index contributed by atoms with van der Waals surface area (Å²) in [5, 5.41) is 9.24. The average molecular weight is 285 g/mol. The third-order valence-electron chi connectivity index (χ3n) is 2.23. The van der Waals surface area contributed by atoms with E-state index in [0.717, 1.165) is 6.26 Å². The smallest absolute Gasteiger partial charge is 0.338 e. The van der Waals surface area contributed by atoms with Crippen molar-refractivity contribution in [2.24, 2.45) is 0 Å². The van der Waals surface area contributed by atoms with Crippen LogP contribution in [0.2, 0.25) is 5.02 Å². The standard InChI is InChI=1S/C12H9ClO4S/c13-9-2-1-3-11(5-9)18(16)7-10-4-8(6-17-10)12(14)15/h1-6H,7H2,(H,14,15). The molecule has 0 radical (unpaired) electrons. The van der Waals surface area contributed by atoms with Crippen LogP contribution in [0.3, 0.4) is 0 Å². The van der Waals surface area contributed by atoms with Crippen LogP contribution in [-0.2, 0) is 16.6 Å². The van der Waals surface area contributed by atoms with Gasteiger partial charge in [-0.2, -0.15) is 0 Å². The number of aromatic carboxylic acids is 1. The molecule has 1 atom stereocenters. The number of hydrogen-bond acceptors (Lipinski definition) is 3. The molecule has 0 amide bonds. The Hall–Kier alpha value is -1.59. The number of carbonyl (C=O) groups is 1. The first-order valence-electron chi connectivity index (χ1n) is 5.01. The van der Waals surface area contributed by atoms with E-state index in [1.807, 2.05) is 0 Å². The van der Waals surface area contributed by atoms with Gasteiger partial charge in [-0.25, -0.2) is 4.79 Å². The van der Waals surface area contributed by atoms with Crippen LogP contribution in [0.1, 0.15) is 16.1 Å². The Morgan fingerprint density at radius 3 is 2.78 bits per heavy atom. The number of halogens is 1. The molecule has 1 N–H and O–H groups in total. The molecule has 18 heavy (non-hydrogen) atoms. The van der Waals surface area contributed by atoms with Crippen LogP contribution < -0.4 is 0 Å². The number of carboxylic acids is 1. The van der Waals surface area contributed by atoms with Gasteiger partial charge in [-0.05, 0) is 24.3 Å². The van der Waals surface area contributed by atoms with E-state index in [1.165, 1.54) is 6.07 Å². The minimum Gasteiger partial charge on any atom is -0.478 e. The predicted octanol–water partition coefficient (Wildman–Crippen LogP) is 2.94. The maximum Gasteiger partial charge on any atom is 0.338 e. The van der Waals surface area contributed by atoms with Crippen molar-refractivity contribution in [3.63, 3.8) is 0 Å². The summed E-state index contributed by atoms with van der Waals surface area (Å²) < 4.78 is 17.0. The zero-order valence-electron chi connectivity index (χ0n) is 9.13. The van der Waals surface area contributed by atoms with Crippen LogP contribution in [0.15, 0.2) is 45.9 Å². The fraction of sp³-hybridized carbons (Fsp3) is 0.0833. The highest BCUT2D eigenvalue weighted by molar-refractivity contribution is 7.84. The summed E-state index contributed by atoms with van der Waals surface area (Å²) in [4.78, 5) is 11.2. The van der Waals surface area contributed by atoms with Crippen LogP contribution in [0.5, 0.6) is 0 Å². The molecule has 0 saturated carbocycles. The Morgan fingerprint density at radius 2 is 2.17 bits per heavy atom. The largest absolute Gasteiger partial charge is 0.478 e. The Morgan fingerprint density at radius 1 is 1.39 bits per heavy atom. The van der Waals surface area contributed by atoms with Gasteiger partial charge in [0.15, 0.2) is 0 Å². The first kappa shape index (κ1) is 12.9. The lowest BCUT2D eigenvalue weighted by Crippen LogP contribution is -1.96. The molecule has 1 aromatic carbocycles. The van der Waals surface area contributed by atoms with Gasteiger partial charge in [0.25, 0.3) is 0 Å². The van der Waals surface area contributed by atoms with Crippen LogP contribution in [0.4, 0.5) is 0 Å². The molecule has 4 nitrogen and oxygen atoms in total. The van der Waals surface area contributed by atoms with Crippen molar-refractivity contribution in [2.75, 3.05) is 0 Å². The molecule has 2 rings (SSSR count). The highest BCUT2D eigenvalue weighted by Crippen LogP contribution is 2.18. The van der Waals surface area contributed by atoms with Gasteiger partial charge in [0.05, 0.1) is 22.1 Å². The monoisotopic (exact) mass is 284 g/mol. The lowest BCUT2D eigenvalue weighted by atomic mass is 10.3. The maximum atomic E-state index is 12.0. The zero-order chi connectivity index (χ0) is 13.1. The average Bonchev–Trinajstić information content (AvgIpc) is 2.77. The van der Waals surface area contributed by atoms with Crippen molar-refractivity contribution in [3.05, 3.63) is 52.9 Å². The second kappa shape index (κ2) is 5.37. The summed E-state index contributed by atoms with van der Waals surface area (Å²) in [6, 6.07) is 8.07. The van der Waals surface area contributed by atoms with Gasteiger partial charge in [0, 0.05) is 9.92 Å². The molecule has 1 aromatic heterocycles. The third-order valence-corrected chi connectivity index (χ3v) is 3.79. The van der Waals surface area contributed by atoms with Gasteiger partial charge >= 0.3 is 5.97 Å². The summed E-state index contributed by atoms with van der Waals surface area (Å²) in [6.07, 6.45) is 1.13. The van der Waals surface area contributed by atoms with Crippen molar-refractivity contribution in [1.29, 1.82) is 0 Å². The summed E-state index contributed by atoms with van der Waals surface area (Å²) in [5.74, 6) is -0.586. The first-order chi connectivity index (χ1) is 8.56. The van der Waals surface area contributed by atoms with Crippen molar-refractivity contribution in [2.45, 2.75) is 10.6 Å². The summed E-state index contributed by atoms with van der Waals surface area (Å²) >= 11 is 5.80. The van der Waals surface area contributed by atoms with Crippen molar-refractivity contribution < 1.29 is 18.5 Å². The molecule has 2 aromatic rings. The summed E-state index contributed by atoms with van der Waals surface area (Å²) in [5.41, 5.74) is 0.0492. The molecule has 0 saturated heterocycles. The number of hydrogen-bond donors (Lipinski definition) is 1. The predicted molar refractivity (Wildman–Crippen MR) is 67.2 cm³/mol. The molecule has 0 bridgehead atoms. The maximum absolute atomic E-state index is 12.0. The Kier molecular flexibility index (Phi) is 3.84. The Bertz CT molecular complexity index is 606. The molecular weight excluding hydrogens is 276 g/mol. The van der Waals surface area contributed by atoms with Crippen molar-refractivity contribution >= 4 is 28.4 Å². The van der Waals surface area contributed by atoms with Crippen LogP contribution in [-0.4, -0.2) is 15.3 Å². The number of carboxylic acid groups (broad SMARTS) is 1. The van der Waals surface area contributed by atoms with Gasteiger partial charge in [0.1, 0.15) is 12.0 Å². The Labute approximate surface area is 111 Å². The molecule has 0 spiro atoms. The molecule has 0 fully saturated rings. The minimum atomic E-state index is -1.32. The topological polar surface area (TPSA) is 67.5 Å². The number of benzene rings is 1. The van der Waals surface area contributed by atoms with Gasteiger partial charge < -0.3 is 9.52 Å². The van der Waals surface area contributed by atoms with Gasteiger partial charge in [-0.15, -0.1) is 0 Å². The first-order valence-corrected chi connectivity index (χ1v) is 6.70. The molecule has 0 aliphatic carbocycles. The highest BCUT2D eigenvalue weighted by atomic mass is 35.5. The highest BCUT2D eigenvalue weighted by Gasteiger charge is 2.12. The molecule has 0 aliphatic rings. The molecule has 6 heteroatoms. The van der Waals surface area contributed by atoms with E-state index in [9.17, 15) is 9.00 Å². The lowest BCUT2D eigenvalue weighted by molar-refractivity contribution is 0.0696. The fourth-order valence-electron chi connectivity index (χ4n) is 1.39. The van der Waals surface area contributed by atoms with Gasteiger partial charge in [-0.3, -0.25) is 4.21 Å². The number of furan rings is 1. The van der Waals surface area contributed by atoms with Crippen LogP contribution in [0.25, 0.3) is 0 Å². The van der Waals surface area contributed by atoms with E-state index in [1.54, 1.807) is 24.3 Å². The van der Waals surface area contributed by atoms with Gasteiger partial charge in [0.2, 0.25) is 0 Å². The van der Waals surface area contributed by atoms with E-state index in [2.05, 4.69) is 0 Å². The summed E-state index contributed by atoms with van der Waals surface area (Å²) in [7, 11) is -1.32. The minimum absolute atomic E-state index is 0.0492. The number of rotatable bonds is 4. The second-order valence-corrected chi connectivity index (χ2v) is 5.44. The van der Waals surface area contributed by atoms with E-state index < -0.39 is 16.8 Å². The van der Waals surface area contributed by atoms with Crippen molar-refractivity contribution in [3.8, 4) is 0 Å². The second-order valence-electron chi connectivity index (χ2n) is 3.55. The lowest BCUT2D eigenvalue weighted by Gasteiger charge is -2.00. The molecular formula is C12H9ClO4S. The van der Waals surface area contributed by atoms with E-state index >= 15 is 0 Å². The molecule has 1 unspecified atom stereocenters. The van der Waals surface area contributed by atoms with Crippen LogP contribution in [0, 0.1) is 0 Å². The molecule has 1 heterocycles. The molecule has 0 aliphatic heterocycles.